The molecule has 10 nitrogen and oxygen atoms in total. The fourth-order valence-corrected chi connectivity index (χ4v) is 5.73. The molecule has 0 aliphatic carbocycles. The molecule has 0 radical (unpaired) electrons. The van der Waals surface area contributed by atoms with Gasteiger partial charge < -0.3 is 24.7 Å². The number of nitrogens with zero attached hydrogens (tertiary/aromatic N) is 5. The van der Waals surface area contributed by atoms with Crippen LogP contribution in [0.2, 0.25) is 0 Å². The summed E-state index contributed by atoms with van der Waals surface area (Å²) in [5.41, 5.74) is 0.657. The van der Waals surface area contributed by atoms with Crippen molar-refractivity contribution < 1.29 is 27.1 Å². The minimum atomic E-state index is -4.52. The van der Waals surface area contributed by atoms with Crippen LogP contribution in [0.3, 0.4) is 0 Å². The predicted molar refractivity (Wildman–Crippen MR) is 152 cm³/mol. The number of aromatic nitrogens is 3. The predicted octanol–water partition coefficient (Wildman–Crippen LogP) is 5.10. The van der Waals surface area contributed by atoms with E-state index in [9.17, 15) is 18.0 Å². The number of carbonyl (C=O) groups is 1. The minimum absolute atomic E-state index is 0.0796. The maximum atomic E-state index is 13.9. The normalized spacial score (nSPS) is 17.7. The number of para-hydroxylation sites is 1. The van der Waals surface area contributed by atoms with Gasteiger partial charge in [0, 0.05) is 24.2 Å². The zero-order valence-corrected chi connectivity index (χ0v) is 23.4. The third-order valence-electron chi connectivity index (χ3n) is 7.03. The van der Waals surface area contributed by atoms with Gasteiger partial charge in [-0.15, -0.1) is 5.10 Å². The van der Waals surface area contributed by atoms with Crippen molar-refractivity contribution in [3.05, 3.63) is 70.7 Å². The molecule has 4 aromatic rings. The first-order valence-corrected chi connectivity index (χ1v) is 14.0. The van der Waals surface area contributed by atoms with Crippen LogP contribution >= 0.6 is 11.3 Å². The van der Waals surface area contributed by atoms with E-state index < -0.39 is 23.7 Å². The number of hydrogen-bond donors (Lipinski definition) is 2. The maximum absolute atomic E-state index is 13.9. The van der Waals surface area contributed by atoms with Gasteiger partial charge >= 0.3 is 12.2 Å². The SMILES string of the molecule is CC(C)(c1nc(-c2nnc(NC3N=C(c4ccccc4)c4ccccc4NC3=O)o2)c(N2CCOCC2)s1)C(F)(F)F. The number of benzene rings is 2. The summed E-state index contributed by atoms with van der Waals surface area (Å²) in [4.78, 5) is 24.1. The maximum Gasteiger partial charge on any atom is 0.400 e. The highest BCUT2D eigenvalue weighted by molar-refractivity contribution is 7.16. The summed E-state index contributed by atoms with van der Waals surface area (Å²) in [6.07, 6.45) is -5.67. The third kappa shape index (κ3) is 5.23. The van der Waals surface area contributed by atoms with E-state index in [2.05, 4.69) is 25.8 Å². The Morgan fingerprint density at radius 3 is 2.48 bits per heavy atom. The summed E-state index contributed by atoms with van der Waals surface area (Å²) >= 11 is 0.939. The molecule has 0 spiro atoms. The van der Waals surface area contributed by atoms with Crippen LogP contribution in [0, 0.1) is 0 Å². The number of halogens is 3. The van der Waals surface area contributed by atoms with E-state index in [1.54, 1.807) is 6.07 Å². The summed E-state index contributed by atoms with van der Waals surface area (Å²) in [5, 5.41) is 14.2. The average molecular weight is 598 g/mol. The van der Waals surface area contributed by atoms with Gasteiger partial charge in [0.25, 0.3) is 11.8 Å². The second-order valence-corrected chi connectivity index (χ2v) is 11.2. The number of carbonyl (C=O) groups excluding carboxylic acids is 1. The van der Waals surface area contributed by atoms with Crippen molar-refractivity contribution in [1.82, 2.24) is 15.2 Å². The number of hydrogen-bond acceptors (Lipinski definition) is 10. The first kappa shape index (κ1) is 27.8. The Morgan fingerprint density at radius 2 is 1.74 bits per heavy atom. The number of rotatable bonds is 6. The van der Waals surface area contributed by atoms with Crippen LogP contribution in [0.5, 0.6) is 0 Å². The Bertz CT molecular complexity index is 1630. The highest BCUT2D eigenvalue weighted by Crippen LogP contribution is 2.47. The topological polar surface area (TPSA) is 118 Å². The first-order chi connectivity index (χ1) is 20.1. The van der Waals surface area contributed by atoms with Gasteiger partial charge in [0.2, 0.25) is 6.17 Å². The molecule has 1 unspecified atom stereocenters. The molecule has 1 amide bonds. The quantitative estimate of drug-likeness (QED) is 0.316. The van der Waals surface area contributed by atoms with Gasteiger partial charge in [-0.2, -0.15) is 13.2 Å². The number of alkyl halides is 3. The van der Waals surface area contributed by atoms with Crippen molar-refractivity contribution >= 4 is 39.7 Å². The molecule has 0 saturated carbocycles. The third-order valence-corrected chi connectivity index (χ3v) is 8.47. The highest BCUT2D eigenvalue weighted by atomic mass is 32.1. The summed E-state index contributed by atoms with van der Waals surface area (Å²) in [6.45, 7) is 3.97. The molecule has 0 bridgehead atoms. The molecular weight excluding hydrogens is 571 g/mol. The molecule has 2 N–H and O–H groups in total. The van der Waals surface area contributed by atoms with Gasteiger partial charge in [0.15, 0.2) is 5.69 Å². The zero-order valence-electron chi connectivity index (χ0n) is 22.6. The van der Waals surface area contributed by atoms with Crippen molar-refractivity contribution in [2.45, 2.75) is 31.6 Å². The van der Waals surface area contributed by atoms with Crippen molar-refractivity contribution in [2.24, 2.45) is 4.99 Å². The number of benzodiazepines with no additional fused rings is 1. The average Bonchev–Trinajstić information content (AvgIpc) is 3.61. The molecule has 4 heterocycles. The van der Waals surface area contributed by atoms with Crippen LogP contribution in [0.1, 0.15) is 30.0 Å². The standard InChI is InChI=1S/C28H26F3N7O3S/c1-27(2,28(29,30)31)25-34-20(24(42-25)38-12-14-40-15-13-38)23-36-37-26(41-23)35-21-22(39)32-18-11-7-6-10-17(18)19(33-21)16-8-4-3-5-9-16/h3-11,21H,12-15H2,1-2H3,(H,32,39)(H,35,37). The van der Waals surface area contributed by atoms with Crippen LogP contribution in [0.15, 0.2) is 64.0 Å². The van der Waals surface area contributed by atoms with E-state index in [-0.39, 0.29) is 22.6 Å². The Balaban J connectivity index is 1.35. The summed E-state index contributed by atoms with van der Waals surface area (Å²) in [7, 11) is 0. The number of fused-ring (bicyclic) bond motifs is 1. The van der Waals surface area contributed by atoms with Crippen molar-refractivity contribution in [2.75, 3.05) is 41.8 Å². The molecule has 218 valence electrons. The van der Waals surface area contributed by atoms with E-state index in [0.29, 0.717) is 42.7 Å². The number of nitrogens with one attached hydrogen (secondary N) is 2. The molecule has 1 atom stereocenters. The Morgan fingerprint density at radius 1 is 1.02 bits per heavy atom. The number of aliphatic imine (C=N–C) groups is 1. The lowest BCUT2D eigenvalue weighted by molar-refractivity contribution is -0.180. The Labute approximate surface area is 242 Å². The monoisotopic (exact) mass is 597 g/mol. The van der Waals surface area contributed by atoms with Gasteiger partial charge in [-0.05, 0) is 19.9 Å². The van der Waals surface area contributed by atoms with E-state index in [4.69, 9.17) is 14.1 Å². The van der Waals surface area contributed by atoms with E-state index in [1.165, 1.54) is 0 Å². The zero-order chi connectivity index (χ0) is 29.5. The minimum Gasteiger partial charge on any atom is -0.402 e. The number of amides is 1. The van der Waals surface area contributed by atoms with Crippen molar-refractivity contribution in [1.29, 1.82) is 0 Å². The van der Waals surface area contributed by atoms with Gasteiger partial charge in [0.1, 0.15) is 15.4 Å². The fourth-order valence-electron chi connectivity index (χ4n) is 4.50. The Hall–Kier alpha value is -4.30. The van der Waals surface area contributed by atoms with E-state index in [1.807, 2.05) is 53.4 Å². The van der Waals surface area contributed by atoms with E-state index in [0.717, 1.165) is 36.3 Å². The van der Waals surface area contributed by atoms with Crippen LogP contribution in [-0.2, 0) is 14.9 Å². The van der Waals surface area contributed by atoms with Crippen LogP contribution in [-0.4, -0.2) is 65.4 Å². The summed E-state index contributed by atoms with van der Waals surface area (Å²) in [5.74, 6) is -0.533. The van der Waals surface area contributed by atoms with Gasteiger partial charge in [-0.3, -0.25) is 4.79 Å². The fraction of sp³-hybridized carbons (Fsp3) is 0.321. The van der Waals surface area contributed by atoms with Crippen LogP contribution in [0.25, 0.3) is 11.6 Å². The number of thiazole rings is 1. The second kappa shape index (κ2) is 10.8. The van der Waals surface area contributed by atoms with Crippen LogP contribution in [0.4, 0.5) is 29.9 Å². The van der Waals surface area contributed by atoms with Crippen molar-refractivity contribution in [3.8, 4) is 11.6 Å². The van der Waals surface area contributed by atoms with Crippen molar-refractivity contribution in [3.63, 3.8) is 0 Å². The molecule has 42 heavy (non-hydrogen) atoms. The number of morpholine rings is 1. The number of anilines is 3. The Kier molecular flexibility index (Phi) is 7.19. The first-order valence-electron chi connectivity index (χ1n) is 13.2. The lowest BCUT2D eigenvalue weighted by Gasteiger charge is -2.28. The molecule has 2 aliphatic rings. The molecule has 2 aliphatic heterocycles. The summed E-state index contributed by atoms with van der Waals surface area (Å²) < 4.78 is 53.0. The van der Waals surface area contributed by atoms with Gasteiger partial charge in [-0.25, -0.2) is 9.98 Å². The molecule has 1 saturated heterocycles. The lowest BCUT2D eigenvalue weighted by Crippen LogP contribution is -2.36. The van der Waals surface area contributed by atoms with Gasteiger partial charge in [0.05, 0.1) is 24.6 Å². The highest BCUT2D eigenvalue weighted by Gasteiger charge is 2.51. The molecule has 14 heteroatoms. The second-order valence-electron chi connectivity index (χ2n) is 10.2. The molecular formula is C28H26F3N7O3S. The van der Waals surface area contributed by atoms with Crippen LogP contribution < -0.4 is 15.5 Å². The molecule has 1 fully saturated rings. The molecule has 6 rings (SSSR count). The van der Waals surface area contributed by atoms with E-state index >= 15 is 0 Å². The number of ether oxygens (including phenoxy) is 1. The lowest BCUT2D eigenvalue weighted by atomic mass is 9.94. The summed E-state index contributed by atoms with van der Waals surface area (Å²) in [6, 6.07) is 16.6. The largest absolute Gasteiger partial charge is 0.402 e. The smallest absolute Gasteiger partial charge is 0.400 e. The molecule has 2 aromatic carbocycles. The molecule has 2 aromatic heterocycles. The van der Waals surface area contributed by atoms with Gasteiger partial charge in [-0.1, -0.05) is 65.0 Å².